The minimum absolute atomic E-state index is 0.0937. The van der Waals surface area contributed by atoms with Gasteiger partial charge in [-0.15, -0.1) is 0 Å². The van der Waals surface area contributed by atoms with Crippen LogP contribution in [0, 0.1) is 21.8 Å². The number of benzene rings is 2. The first-order valence-corrected chi connectivity index (χ1v) is 9.50. The first-order chi connectivity index (χ1) is 14.0. The Morgan fingerprint density at radius 3 is 2.55 bits per heavy atom. The van der Waals surface area contributed by atoms with Crippen molar-refractivity contribution in [3.05, 3.63) is 75.6 Å². The van der Waals surface area contributed by atoms with Crippen LogP contribution in [0.5, 0.6) is 0 Å². The molecule has 2 aromatic carbocycles. The van der Waals surface area contributed by atoms with Crippen LogP contribution in [0.25, 0.3) is 0 Å². The second-order valence-electron chi connectivity index (χ2n) is 7.01. The quantitative estimate of drug-likeness (QED) is 0.597. The molecule has 1 fully saturated rings. The number of nitrogens with one attached hydrogen (secondary N) is 1. The summed E-state index contributed by atoms with van der Waals surface area (Å²) in [6, 6.07) is 12.1. The van der Waals surface area contributed by atoms with Crippen molar-refractivity contribution in [2.45, 2.75) is 19.3 Å². The maximum Gasteiger partial charge on any atom is 0.270 e. The number of nitro groups is 1. The highest BCUT2D eigenvalue weighted by atomic mass is 19.1. The Morgan fingerprint density at radius 2 is 1.86 bits per heavy atom. The molecule has 7 nitrogen and oxygen atoms in total. The van der Waals surface area contributed by atoms with E-state index in [0.29, 0.717) is 44.5 Å². The fourth-order valence-corrected chi connectivity index (χ4v) is 3.45. The van der Waals surface area contributed by atoms with Crippen LogP contribution < -0.4 is 5.32 Å². The molecule has 0 unspecified atom stereocenters. The van der Waals surface area contributed by atoms with Crippen LogP contribution in [0.2, 0.25) is 0 Å². The van der Waals surface area contributed by atoms with Gasteiger partial charge in [0.25, 0.3) is 11.6 Å². The molecule has 152 valence electrons. The Kier molecular flexibility index (Phi) is 6.54. The average Bonchev–Trinajstić information content (AvgIpc) is 2.74. The number of carbonyl (C=O) groups is 2. The van der Waals surface area contributed by atoms with Gasteiger partial charge in [0.05, 0.1) is 4.92 Å². The highest BCUT2D eigenvalue weighted by Crippen LogP contribution is 2.21. The van der Waals surface area contributed by atoms with Crippen LogP contribution in [0.15, 0.2) is 48.5 Å². The van der Waals surface area contributed by atoms with Gasteiger partial charge in [0, 0.05) is 43.2 Å². The van der Waals surface area contributed by atoms with Crippen LogP contribution in [0.4, 0.5) is 10.1 Å². The molecular formula is C21H22FN3O4. The maximum absolute atomic E-state index is 13.6. The van der Waals surface area contributed by atoms with Crippen molar-refractivity contribution in [1.29, 1.82) is 0 Å². The molecule has 8 heteroatoms. The van der Waals surface area contributed by atoms with Crippen LogP contribution in [0.1, 0.15) is 28.8 Å². The normalized spacial score (nSPS) is 14.4. The number of halogens is 1. The highest BCUT2D eigenvalue weighted by molar-refractivity contribution is 5.95. The van der Waals surface area contributed by atoms with Gasteiger partial charge in [-0.25, -0.2) is 4.39 Å². The highest BCUT2D eigenvalue weighted by Gasteiger charge is 2.28. The van der Waals surface area contributed by atoms with E-state index in [0.717, 1.165) is 0 Å². The van der Waals surface area contributed by atoms with E-state index in [4.69, 9.17) is 0 Å². The van der Waals surface area contributed by atoms with Crippen LogP contribution in [-0.4, -0.2) is 41.3 Å². The van der Waals surface area contributed by atoms with Crippen LogP contribution in [-0.2, 0) is 11.2 Å². The SMILES string of the molecule is O=C(NCCc1ccccc1F)C1CCN(C(=O)c2cccc([N+](=O)[O-])c2)CC1. The van der Waals surface area contributed by atoms with E-state index in [1.807, 2.05) is 0 Å². The third-order valence-corrected chi connectivity index (χ3v) is 5.11. The van der Waals surface area contributed by atoms with E-state index in [1.54, 1.807) is 29.2 Å². The zero-order valence-electron chi connectivity index (χ0n) is 15.8. The Hall–Kier alpha value is -3.29. The number of hydrogen-bond acceptors (Lipinski definition) is 4. The molecule has 1 aliphatic rings. The number of hydrogen-bond donors (Lipinski definition) is 1. The lowest BCUT2D eigenvalue weighted by Crippen LogP contribution is -2.43. The van der Waals surface area contributed by atoms with E-state index in [1.165, 1.54) is 24.3 Å². The Bertz CT molecular complexity index is 910. The molecule has 0 aliphatic carbocycles. The summed E-state index contributed by atoms with van der Waals surface area (Å²) in [5, 5.41) is 13.7. The van der Waals surface area contributed by atoms with Gasteiger partial charge in [0.1, 0.15) is 5.82 Å². The number of amides is 2. The summed E-state index contributed by atoms with van der Waals surface area (Å²) in [4.78, 5) is 36.9. The Balaban J connectivity index is 1.47. The summed E-state index contributed by atoms with van der Waals surface area (Å²) in [5.41, 5.74) is 0.706. The van der Waals surface area contributed by atoms with Gasteiger partial charge < -0.3 is 10.2 Å². The van der Waals surface area contributed by atoms with Crippen molar-refractivity contribution in [1.82, 2.24) is 10.2 Å². The minimum Gasteiger partial charge on any atom is -0.356 e. The largest absolute Gasteiger partial charge is 0.356 e. The van der Waals surface area contributed by atoms with Gasteiger partial charge in [0.15, 0.2) is 0 Å². The molecule has 0 atom stereocenters. The van der Waals surface area contributed by atoms with Crippen molar-refractivity contribution < 1.29 is 18.9 Å². The predicted octanol–water partition coefficient (Wildman–Crippen LogP) is 2.95. The second-order valence-corrected chi connectivity index (χ2v) is 7.01. The van der Waals surface area contributed by atoms with Crippen molar-refractivity contribution in [3.63, 3.8) is 0 Å². The van der Waals surface area contributed by atoms with E-state index in [-0.39, 0.29) is 34.8 Å². The molecule has 1 N–H and O–H groups in total. The molecule has 2 amide bonds. The summed E-state index contributed by atoms with van der Waals surface area (Å²) < 4.78 is 13.6. The topological polar surface area (TPSA) is 92.6 Å². The molecule has 3 rings (SSSR count). The summed E-state index contributed by atoms with van der Waals surface area (Å²) >= 11 is 0. The number of non-ortho nitro benzene ring substituents is 1. The Labute approximate surface area is 167 Å². The fourth-order valence-electron chi connectivity index (χ4n) is 3.45. The van der Waals surface area contributed by atoms with Crippen LogP contribution >= 0.6 is 0 Å². The molecule has 2 aromatic rings. The summed E-state index contributed by atoms with van der Waals surface area (Å²) in [6.07, 6.45) is 1.46. The summed E-state index contributed by atoms with van der Waals surface area (Å²) in [7, 11) is 0. The zero-order chi connectivity index (χ0) is 20.8. The molecule has 0 aromatic heterocycles. The number of nitro benzene ring substituents is 1. The van der Waals surface area contributed by atoms with Crippen molar-refractivity contribution in [3.8, 4) is 0 Å². The minimum atomic E-state index is -0.533. The number of nitrogens with zero attached hydrogens (tertiary/aromatic N) is 2. The fraction of sp³-hybridized carbons (Fsp3) is 0.333. The van der Waals surface area contributed by atoms with Crippen molar-refractivity contribution in [2.75, 3.05) is 19.6 Å². The van der Waals surface area contributed by atoms with E-state index < -0.39 is 4.92 Å². The molecule has 0 radical (unpaired) electrons. The number of rotatable bonds is 6. The zero-order valence-corrected chi connectivity index (χ0v) is 15.8. The smallest absolute Gasteiger partial charge is 0.270 e. The van der Waals surface area contributed by atoms with Gasteiger partial charge in [0.2, 0.25) is 5.91 Å². The lowest BCUT2D eigenvalue weighted by molar-refractivity contribution is -0.384. The van der Waals surface area contributed by atoms with Gasteiger partial charge in [-0.1, -0.05) is 24.3 Å². The second kappa shape index (κ2) is 9.27. The lowest BCUT2D eigenvalue weighted by atomic mass is 9.95. The molecule has 0 spiro atoms. The van der Waals surface area contributed by atoms with Gasteiger partial charge >= 0.3 is 0 Å². The molecule has 1 aliphatic heterocycles. The average molecular weight is 399 g/mol. The number of likely N-dealkylation sites (tertiary alicyclic amines) is 1. The van der Waals surface area contributed by atoms with Gasteiger partial charge in [-0.2, -0.15) is 0 Å². The standard InChI is InChI=1S/C21H22FN3O4/c22-19-7-2-1-4-15(19)8-11-23-20(26)16-9-12-24(13-10-16)21(27)17-5-3-6-18(14-17)25(28)29/h1-7,14,16H,8-13H2,(H,23,26). The van der Waals surface area contributed by atoms with Crippen molar-refractivity contribution in [2.24, 2.45) is 5.92 Å². The third kappa shape index (κ3) is 5.16. The van der Waals surface area contributed by atoms with Gasteiger partial charge in [-0.3, -0.25) is 19.7 Å². The first kappa shape index (κ1) is 20.4. The summed E-state index contributed by atoms with van der Waals surface area (Å²) in [5.74, 6) is -0.851. The van der Waals surface area contributed by atoms with E-state index >= 15 is 0 Å². The molecule has 0 saturated carbocycles. The van der Waals surface area contributed by atoms with E-state index in [2.05, 4.69) is 5.32 Å². The molecule has 0 bridgehead atoms. The first-order valence-electron chi connectivity index (χ1n) is 9.50. The Morgan fingerprint density at radius 1 is 1.14 bits per heavy atom. The van der Waals surface area contributed by atoms with Crippen LogP contribution in [0.3, 0.4) is 0 Å². The number of carbonyl (C=O) groups excluding carboxylic acids is 2. The third-order valence-electron chi connectivity index (χ3n) is 5.11. The summed E-state index contributed by atoms with van der Waals surface area (Å²) in [6.45, 7) is 1.17. The molecular weight excluding hydrogens is 377 g/mol. The maximum atomic E-state index is 13.6. The lowest BCUT2D eigenvalue weighted by Gasteiger charge is -2.31. The molecule has 1 heterocycles. The van der Waals surface area contributed by atoms with E-state index in [9.17, 15) is 24.1 Å². The number of piperidine rings is 1. The monoisotopic (exact) mass is 399 g/mol. The predicted molar refractivity (Wildman–Crippen MR) is 105 cm³/mol. The van der Waals surface area contributed by atoms with Crippen molar-refractivity contribution >= 4 is 17.5 Å². The molecule has 1 saturated heterocycles. The van der Waals surface area contributed by atoms with Gasteiger partial charge in [-0.05, 0) is 37.0 Å². The molecule has 29 heavy (non-hydrogen) atoms.